The van der Waals surface area contributed by atoms with E-state index < -0.39 is 11.0 Å². The number of anilines is 1. The van der Waals surface area contributed by atoms with Crippen LogP contribution in [-0.4, -0.2) is 28.4 Å². The topological polar surface area (TPSA) is 105 Å². The van der Waals surface area contributed by atoms with E-state index in [0.717, 1.165) is 0 Å². The highest BCUT2D eigenvalue weighted by atomic mass is 35.5. The highest BCUT2D eigenvalue weighted by Crippen LogP contribution is 2.17. The third kappa shape index (κ3) is 3.67. The summed E-state index contributed by atoms with van der Waals surface area (Å²) in [6.45, 7) is -0.0498. The Bertz CT molecular complexity index is 468. The number of non-ortho nitro benzene ring substituents is 1. The van der Waals surface area contributed by atoms with Gasteiger partial charge in [-0.2, -0.15) is 5.01 Å². The summed E-state index contributed by atoms with van der Waals surface area (Å²) in [7, 11) is 0. The van der Waals surface area contributed by atoms with Crippen LogP contribution in [0.3, 0.4) is 0 Å². The van der Waals surface area contributed by atoms with Gasteiger partial charge in [0, 0.05) is 23.7 Å². The molecule has 0 aliphatic rings. The van der Waals surface area contributed by atoms with E-state index in [1.54, 1.807) is 0 Å². The van der Waals surface area contributed by atoms with Crippen molar-refractivity contribution in [2.75, 3.05) is 17.7 Å². The standard InChI is InChI=1S/C9H9ClN4O4/c10-4-5-13(12-16)9(15)11-7-2-1-3-8(6-7)14(17)18/h1-3,6H,4-5H2,(H,11,15). The molecule has 9 heteroatoms. The van der Waals surface area contributed by atoms with Crippen molar-refractivity contribution >= 4 is 29.0 Å². The molecule has 1 aromatic rings. The molecule has 2 amide bonds. The van der Waals surface area contributed by atoms with Crippen LogP contribution in [0.5, 0.6) is 0 Å². The summed E-state index contributed by atoms with van der Waals surface area (Å²) < 4.78 is 0. The number of nitrogens with zero attached hydrogens (tertiary/aromatic N) is 3. The second kappa shape index (κ2) is 6.50. The lowest BCUT2D eigenvalue weighted by Crippen LogP contribution is -2.31. The number of amides is 2. The second-order valence-corrected chi connectivity index (χ2v) is 3.51. The van der Waals surface area contributed by atoms with Crippen molar-refractivity contribution in [3.8, 4) is 0 Å². The van der Waals surface area contributed by atoms with Crippen LogP contribution in [0.2, 0.25) is 0 Å². The summed E-state index contributed by atoms with van der Waals surface area (Å²) >= 11 is 5.38. The van der Waals surface area contributed by atoms with Crippen molar-refractivity contribution in [1.82, 2.24) is 5.01 Å². The number of halogens is 1. The normalized spacial score (nSPS) is 9.61. The van der Waals surface area contributed by atoms with E-state index >= 15 is 0 Å². The smallest absolute Gasteiger partial charge is 0.306 e. The number of benzene rings is 1. The molecule has 0 saturated heterocycles. The molecule has 0 fully saturated rings. The molecule has 0 aliphatic carbocycles. The highest BCUT2D eigenvalue weighted by Gasteiger charge is 2.14. The average molecular weight is 273 g/mol. The maximum Gasteiger partial charge on any atom is 0.344 e. The quantitative estimate of drug-likeness (QED) is 0.384. The molecule has 0 bridgehead atoms. The van der Waals surface area contributed by atoms with Crippen molar-refractivity contribution in [2.24, 2.45) is 5.29 Å². The minimum atomic E-state index is -0.800. The van der Waals surface area contributed by atoms with Crippen LogP contribution in [0, 0.1) is 15.0 Å². The molecule has 0 aromatic heterocycles. The molecule has 1 N–H and O–H groups in total. The van der Waals surface area contributed by atoms with Gasteiger partial charge in [-0.25, -0.2) is 4.79 Å². The minimum absolute atomic E-state index is 0.0497. The highest BCUT2D eigenvalue weighted by molar-refractivity contribution is 6.18. The first kappa shape index (κ1) is 13.8. The molecule has 1 rings (SSSR count). The molecular weight excluding hydrogens is 264 g/mol. The zero-order valence-electron chi connectivity index (χ0n) is 9.08. The number of nitroso groups, excluding NO2 is 1. The summed E-state index contributed by atoms with van der Waals surface area (Å²) in [5.41, 5.74) is 0.0215. The third-order valence-corrected chi connectivity index (χ3v) is 2.11. The van der Waals surface area contributed by atoms with E-state index in [1.165, 1.54) is 24.3 Å². The molecule has 8 nitrogen and oxygen atoms in total. The summed E-state index contributed by atoms with van der Waals surface area (Å²) in [6.07, 6.45) is 0. The van der Waals surface area contributed by atoms with E-state index in [4.69, 9.17) is 11.6 Å². The van der Waals surface area contributed by atoms with Gasteiger partial charge in [-0.1, -0.05) is 6.07 Å². The predicted octanol–water partition coefficient (Wildman–Crippen LogP) is 2.35. The van der Waals surface area contributed by atoms with Gasteiger partial charge in [0.25, 0.3) is 5.69 Å². The van der Waals surface area contributed by atoms with Crippen molar-refractivity contribution in [1.29, 1.82) is 0 Å². The van der Waals surface area contributed by atoms with Crippen LogP contribution in [0.1, 0.15) is 0 Å². The largest absolute Gasteiger partial charge is 0.344 e. The van der Waals surface area contributed by atoms with Gasteiger partial charge in [0.15, 0.2) is 0 Å². The molecule has 0 aliphatic heterocycles. The Hall–Kier alpha value is -2.22. The van der Waals surface area contributed by atoms with Gasteiger partial charge >= 0.3 is 6.03 Å². The lowest BCUT2D eigenvalue weighted by atomic mass is 10.3. The fraction of sp³-hybridized carbons (Fsp3) is 0.222. The summed E-state index contributed by atoms with van der Waals surface area (Å²) in [6, 6.07) is 4.51. The number of carbonyl (C=O) groups excluding carboxylic acids is 1. The molecule has 0 spiro atoms. The van der Waals surface area contributed by atoms with Crippen molar-refractivity contribution in [3.63, 3.8) is 0 Å². The Kier molecular flexibility index (Phi) is 5.00. The number of nitro groups is 1. The zero-order valence-corrected chi connectivity index (χ0v) is 9.83. The fourth-order valence-corrected chi connectivity index (χ4v) is 1.30. The summed E-state index contributed by atoms with van der Waals surface area (Å²) in [5, 5.41) is 15.9. The summed E-state index contributed by atoms with van der Waals surface area (Å²) in [5.74, 6) is 0.0497. The zero-order chi connectivity index (χ0) is 13.5. The Balaban J connectivity index is 2.77. The maximum absolute atomic E-state index is 11.5. The molecule has 96 valence electrons. The Morgan fingerprint density at radius 1 is 1.56 bits per heavy atom. The number of alkyl halides is 1. The number of rotatable bonds is 5. The van der Waals surface area contributed by atoms with E-state index in [1.807, 2.05) is 0 Å². The number of hydrogen-bond donors (Lipinski definition) is 1. The van der Waals surface area contributed by atoms with Gasteiger partial charge in [0.1, 0.15) is 0 Å². The summed E-state index contributed by atoms with van der Waals surface area (Å²) in [4.78, 5) is 31.8. The van der Waals surface area contributed by atoms with Gasteiger partial charge in [-0.3, -0.25) is 10.1 Å². The SMILES string of the molecule is O=NN(CCCl)C(=O)Nc1cccc([N+](=O)[O-])c1. The number of nitro benzene ring substituents is 1. The Morgan fingerprint density at radius 2 is 2.28 bits per heavy atom. The molecule has 18 heavy (non-hydrogen) atoms. The van der Waals surface area contributed by atoms with Crippen molar-refractivity contribution < 1.29 is 9.72 Å². The van der Waals surface area contributed by atoms with E-state index in [2.05, 4.69) is 10.6 Å². The van der Waals surface area contributed by atoms with Crippen molar-refractivity contribution in [3.05, 3.63) is 39.3 Å². The third-order valence-electron chi connectivity index (χ3n) is 1.94. The van der Waals surface area contributed by atoms with Crippen LogP contribution in [0.15, 0.2) is 29.6 Å². The lowest BCUT2D eigenvalue weighted by Gasteiger charge is -2.12. The van der Waals surface area contributed by atoms with Crippen molar-refractivity contribution in [2.45, 2.75) is 0 Å². The van der Waals surface area contributed by atoms with Gasteiger partial charge in [-0.15, -0.1) is 16.5 Å². The van der Waals surface area contributed by atoms with Crippen LogP contribution in [0.4, 0.5) is 16.2 Å². The first-order valence-electron chi connectivity index (χ1n) is 4.80. The lowest BCUT2D eigenvalue weighted by molar-refractivity contribution is -0.384. The molecule has 0 heterocycles. The number of nitrogens with one attached hydrogen (secondary N) is 1. The molecule has 0 unspecified atom stereocenters. The van der Waals surface area contributed by atoms with Gasteiger partial charge in [0.2, 0.25) is 0 Å². The average Bonchev–Trinajstić information content (AvgIpc) is 2.36. The minimum Gasteiger partial charge on any atom is -0.306 e. The van der Waals surface area contributed by atoms with E-state index in [-0.39, 0.29) is 23.8 Å². The van der Waals surface area contributed by atoms with E-state index in [0.29, 0.717) is 5.01 Å². The predicted molar refractivity (Wildman–Crippen MR) is 65.3 cm³/mol. The molecular formula is C9H9ClN4O4. The van der Waals surface area contributed by atoms with Crippen LogP contribution in [-0.2, 0) is 0 Å². The van der Waals surface area contributed by atoms with Crippen LogP contribution in [0.25, 0.3) is 0 Å². The number of hydrogen-bond acceptors (Lipinski definition) is 5. The first-order chi connectivity index (χ1) is 8.58. The first-order valence-corrected chi connectivity index (χ1v) is 5.34. The molecule has 0 atom stereocenters. The van der Waals surface area contributed by atoms with Crippen LogP contribution < -0.4 is 5.32 Å². The monoisotopic (exact) mass is 272 g/mol. The molecule has 1 aromatic carbocycles. The number of urea groups is 1. The van der Waals surface area contributed by atoms with E-state index in [9.17, 15) is 19.8 Å². The molecule has 0 saturated carbocycles. The van der Waals surface area contributed by atoms with Gasteiger partial charge in [0.05, 0.1) is 16.8 Å². The Morgan fingerprint density at radius 3 is 2.83 bits per heavy atom. The second-order valence-electron chi connectivity index (χ2n) is 3.13. The van der Waals surface area contributed by atoms with Gasteiger partial charge in [-0.05, 0) is 6.07 Å². The van der Waals surface area contributed by atoms with Gasteiger partial charge < -0.3 is 5.32 Å². The Labute approximate surface area is 107 Å². The van der Waals surface area contributed by atoms with Crippen LogP contribution >= 0.6 is 11.6 Å². The molecule has 0 radical (unpaired) electrons. The number of carbonyl (C=O) groups is 1. The fourth-order valence-electron chi connectivity index (χ4n) is 1.14. The maximum atomic E-state index is 11.5.